The van der Waals surface area contributed by atoms with Gasteiger partial charge in [-0.25, -0.2) is 4.57 Å². The summed E-state index contributed by atoms with van der Waals surface area (Å²) in [5.41, 5.74) is 0.565. The van der Waals surface area contributed by atoms with Gasteiger partial charge in [-0.2, -0.15) is 0 Å². The molecule has 0 saturated heterocycles. The van der Waals surface area contributed by atoms with Gasteiger partial charge in [0.1, 0.15) is 11.5 Å². The summed E-state index contributed by atoms with van der Waals surface area (Å²) in [6, 6.07) is 17.8. The van der Waals surface area contributed by atoms with Crippen molar-refractivity contribution < 1.29 is 13.6 Å². The summed E-state index contributed by atoms with van der Waals surface area (Å²) >= 11 is 0. The topological polar surface area (TPSA) is 47.6 Å². The molecule has 0 heterocycles. The van der Waals surface area contributed by atoms with Crippen LogP contribution in [0.2, 0.25) is 0 Å². The molecule has 2 rings (SSSR count). The third kappa shape index (κ3) is 14.3. The van der Waals surface area contributed by atoms with Crippen molar-refractivity contribution in [3.05, 3.63) is 98.2 Å². The summed E-state index contributed by atoms with van der Waals surface area (Å²) in [6.45, 7) is 23.5. The van der Waals surface area contributed by atoms with E-state index in [4.69, 9.17) is 9.05 Å². The number of allylic oxidation sites excluding steroid dienone is 2. The van der Waals surface area contributed by atoms with Gasteiger partial charge in [-0.1, -0.05) is 90.6 Å². The van der Waals surface area contributed by atoms with Crippen LogP contribution < -0.4 is 14.1 Å². The minimum Gasteiger partial charge on any atom is -0.400 e. The van der Waals surface area contributed by atoms with Crippen LogP contribution in [-0.4, -0.2) is 0 Å². The van der Waals surface area contributed by atoms with Gasteiger partial charge in [0.25, 0.3) is 0 Å². The Labute approximate surface area is 184 Å². The maximum atomic E-state index is 13.0. The van der Waals surface area contributed by atoms with Crippen LogP contribution in [0.1, 0.15) is 48.5 Å². The Bertz CT molecular complexity index is 655. The van der Waals surface area contributed by atoms with Gasteiger partial charge in [0.05, 0.1) is 0 Å². The van der Waals surface area contributed by atoms with Crippen molar-refractivity contribution in [3.8, 4) is 11.5 Å². The van der Waals surface area contributed by atoms with E-state index in [2.05, 4.69) is 24.8 Å². The number of hydrogen-bond acceptors (Lipinski definition) is 3. The van der Waals surface area contributed by atoms with Crippen molar-refractivity contribution in [2.24, 2.45) is 0 Å². The van der Waals surface area contributed by atoms with E-state index in [9.17, 15) is 4.57 Å². The molecule has 30 heavy (non-hydrogen) atoms. The zero-order valence-corrected chi connectivity index (χ0v) is 20.6. The van der Waals surface area contributed by atoms with Gasteiger partial charge in [0.2, 0.25) is 0 Å². The van der Waals surface area contributed by atoms with Gasteiger partial charge in [-0.05, 0) is 37.3 Å². The Morgan fingerprint density at radius 3 is 1.40 bits per heavy atom. The zero-order valence-electron chi connectivity index (χ0n) is 19.7. The Morgan fingerprint density at radius 1 is 0.800 bits per heavy atom. The first-order valence-electron chi connectivity index (χ1n) is 10.3. The summed E-state index contributed by atoms with van der Waals surface area (Å²) in [5, 5.41) is 2.78. The smallest absolute Gasteiger partial charge is 0.400 e. The average Bonchev–Trinajstić information content (AvgIpc) is 2.84. The number of rotatable bonds is 7. The molecule has 0 fully saturated rings. The molecule has 0 spiro atoms. The Morgan fingerprint density at radius 2 is 1.13 bits per heavy atom. The van der Waals surface area contributed by atoms with Crippen molar-refractivity contribution >= 4 is 7.75 Å². The van der Waals surface area contributed by atoms with E-state index in [-0.39, 0.29) is 0 Å². The summed E-state index contributed by atoms with van der Waals surface area (Å²) < 4.78 is 24.2. The molecule has 1 N–H and O–H groups in total. The number of para-hydroxylation sites is 2. The first-order valence-corrected chi connectivity index (χ1v) is 11.9. The molecule has 0 aliphatic rings. The molecular weight excluding hydrogens is 393 g/mol. The SMILES string of the molecule is C=C.C=C/C(=C\C)NP(=O)(Oc1ccccc1)Oc1ccccc1.CC.CC.CC. The van der Waals surface area contributed by atoms with Crippen molar-refractivity contribution in [2.45, 2.75) is 48.5 Å². The third-order valence-electron chi connectivity index (χ3n) is 2.73. The molecule has 0 aliphatic heterocycles. The van der Waals surface area contributed by atoms with Crippen LogP contribution in [0.3, 0.4) is 0 Å². The quantitative estimate of drug-likeness (QED) is 0.269. The van der Waals surface area contributed by atoms with Gasteiger partial charge in [0.15, 0.2) is 0 Å². The predicted molar refractivity (Wildman–Crippen MR) is 134 cm³/mol. The Kier molecular flexibility index (Phi) is 24.1. The molecule has 0 unspecified atom stereocenters. The van der Waals surface area contributed by atoms with Gasteiger partial charge in [0, 0.05) is 5.70 Å². The standard InChI is InChI=1S/C17H18NO3P.3C2H6.C2H4/c1-3-15(4-2)18-22(19,20-16-11-7-5-8-12-16)21-17-13-9-6-10-14-17;4*1-2/h3-14H,1H2,2H3,(H,18,19);3*1-2H3;1-2H2/b15-4+;;;;. The van der Waals surface area contributed by atoms with Crippen LogP contribution >= 0.6 is 7.75 Å². The first-order chi connectivity index (χ1) is 14.6. The molecular formula is C25H40NO3P. The van der Waals surface area contributed by atoms with E-state index >= 15 is 0 Å². The Balaban J connectivity index is -0.000000815. The maximum Gasteiger partial charge on any atom is 0.541 e. The predicted octanol–water partition coefficient (Wildman–Crippen LogP) is 8.81. The highest BCUT2D eigenvalue weighted by Crippen LogP contribution is 2.45. The summed E-state index contributed by atoms with van der Waals surface area (Å²) in [6.07, 6.45) is 3.29. The van der Waals surface area contributed by atoms with E-state index in [0.717, 1.165) is 0 Å². The second kappa shape index (κ2) is 22.6. The van der Waals surface area contributed by atoms with Crippen LogP contribution in [0.4, 0.5) is 0 Å². The Hall–Kier alpha value is -2.71. The van der Waals surface area contributed by atoms with Crippen LogP contribution in [0.25, 0.3) is 0 Å². The zero-order chi connectivity index (χ0) is 23.8. The molecule has 0 radical (unpaired) electrons. The fraction of sp³-hybridized carbons (Fsp3) is 0.280. The molecule has 0 bridgehead atoms. The van der Waals surface area contributed by atoms with Crippen molar-refractivity contribution in [3.63, 3.8) is 0 Å². The lowest BCUT2D eigenvalue weighted by Crippen LogP contribution is -2.17. The van der Waals surface area contributed by atoms with Crippen LogP contribution in [0.15, 0.2) is 98.2 Å². The van der Waals surface area contributed by atoms with E-state index < -0.39 is 7.75 Å². The molecule has 168 valence electrons. The fourth-order valence-corrected chi connectivity index (χ4v) is 3.15. The van der Waals surface area contributed by atoms with Gasteiger partial charge in [-0.15, -0.1) is 13.2 Å². The number of nitrogens with one attached hydrogen (secondary N) is 1. The maximum absolute atomic E-state index is 13.0. The lowest BCUT2D eigenvalue weighted by atomic mass is 10.3. The van der Waals surface area contributed by atoms with Gasteiger partial charge < -0.3 is 9.05 Å². The molecule has 2 aromatic rings. The lowest BCUT2D eigenvalue weighted by molar-refractivity contribution is 0.377. The van der Waals surface area contributed by atoms with Crippen molar-refractivity contribution in [1.29, 1.82) is 0 Å². The molecule has 4 nitrogen and oxygen atoms in total. The van der Waals surface area contributed by atoms with E-state index in [0.29, 0.717) is 17.2 Å². The average molecular weight is 434 g/mol. The molecule has 0 atom stereocenters. The molecule has 2 aromatic carbocycles. The lowest BCUT2D eigenvalue weighted by Gasteiger charge is -2.21. The molecule has 0 amide bonds. The molecule has 0 saturated carbocycles. The summed E-state index contributed by atoms with van der Waals surface area (Å²) in [5.74, 6) is 0.905. The first kappa shape index (κ1) is 32.0. The molecule has 0 aromatic heterocycles. The highest BCUT2D eigenvalue weighted by molar-refractivity contribution is 7.52. The van der Waals surface area contributed by atoms with Gasteiger partial charge >= 0.3 is 7.75 Å². The molecule has 5 heteroatoms. The van der Waals surface area contributed by atoms with E-state index in [1.165, 1.54) is 0 Å². The third-order valence-corrected chi connectivity index (χ3v) is 4.17. The highest BCUT2D eigenvalue weighted by atomic mass is 31.2. The molecule has 0 aliphatic carbocycles. The summed E-state index contributed by atoms with van der Waals surface area (Å²) in [7, 11) is -3.64. The largest absolute Gasteiger partial charge is 0.541 e. The van der Waals surface area contributed by atoms with Crippen LogP contribution in [0, 0.1) is 0 Å². The van der Waals surface area contributed by atoms with Crippen molar-refractivity contribution in [1.82, 2.24) is 5.09 Å². The monoisotopic (exact) mass is 433 g/mol. The van der Waals surface area contributed by atoms with E-state index in [1.54, 1.807) is 67.6 Å². The van der Waals surface area contributed by atoms with Crippen LogP contribution in [-0.2, 0) is 4.57 Å². The minimum atomic E-state index is -3.64. The van der Waals surface area contributed by atoms with Crippen LogP contribution in [0.5, 0.6) is 11.5 Å². The van der Waals surface area contributed by atoms with Gasteiger partial charge in [-0.3, -0.25) is 5.09 Å². The normalized spacial score (nSPS) is 9.23. The minimum absolute atomic E-state index is 0.453. The van der Waals surface area contributed by atoms with E-state index in [1.807, 2.05) is 53.7 Å². The number of benzene rings is 2. The fourth-order valence-electron chi connectivity index (χ4n) is 1.69. The second-order valence-electron chi connectivity index (χ2n) is 4.37. The van der Waals surface area contributed by atoms with Crippen molar-refractivity contribution in [2.75, 3.05) is 0 Å². The summed E-state index contributed by atoms with van der Waals surface area (Å²) in [4.78, 5) is 0. The number of hydrogen-bond donors (Lipinski definition) is 1. The second-order valence-corrected chi connectivity index (χ2v) is 5.95. The highest BCUT2D eigenvalue weighted by Gasteiger charge is 2.29.